The molecule has 2 aliphatic rings. The van der Waals surface area contributed by atoms with Gasteiger partial charge in [-0.15, -0.1) is 0 Å². The zero-order valence-electron chi connectivity index (χ0n) is 17.8. The third-order valence-corrected chi connectivity index (χ3v) is 6.91. The molecule has 33 heavy (non-hydrogen) atoms. The van der Waals surface area contributed by atoms with Crippen LogP contribution in [-0.4, -0.2) is 23.9 Å². The van der Waals surface area contributed by atoms with Crippen molar-refractivity contribution in [3.63, 3.8) is 0 Å². The van der Waals surface area contributed by atoms with Gasteiger partial charge in [0, 0.05) is 4.47 Å². The van der Waals surface area contributed by atoms with Gasteiger partial charge in [-0.05, 0) is 55.3 Å². The summed E-state index contributed by atoms with van der Waals surface area (Å²) in [4.78, 5) is 31.7. The van der Waals surface area contributed by atoms with Gasteiger partial charge in [-0.2, -0.15) is 0 Å². The first-order valence-electron chi connectivity index (χ1n) is 10.3. The normalized spacial score (nSPS) is 17.1. The topological polar surface area (TPSA) is 79.1 Å². The maximum Gasteiger partial charge on any atom is 0.338 e. The standard InChI is InChI=1S/C24H19BrN2O5S/c1-3-30-23(29)20-13(2)26-24-27(21(20)15-6-9-17-18(11-15)32-12-31-17)22(28)19(33-24)10-14-4-7-16(25)8-5-14/h4-11,21H,3,12H2,1-2H3/b19-10+/t21-/m0/s1. The Morgan fingerprint density at radius 2 is 2.00 bits per heavy atom. The number of carbonyl (C=O) groups is 1. The van der Waals surface area contributed by atoms with Crippen LogP contribution in [0.4, 0.5) is 0 Å². The molecule has 3 aromatic rings. The highest BCUT2D eigenvalue weighted by atomic mass is 79.9. The van der Waals surface area contributed by atoms with Crippen LogP contribution in [0.5, 0.6) is 11.5 Å². The fourth-order valence-corrected chi connectivity index (χ4v) is 5.21. The second-order valence-electron chi connectivity index (χ2n) is 7.47. The van der Waals surface area contributed by atoms with E-state index in [9.17, 15) is 9.59 Å². The van der Waals surface area contributed by atoms with E-state index in [1.165, 1.54) is 11.3 Å². The third-order valence-electron chi connectivity index (χ3n) is 5.40. The van der Waals surface area contributed by atoms with Crippen molar-refractivity contribution < 1.29 is 19.0 Å². The summed E-state index contributed by atoms with van der Waals surface area (Å²) < 4.78 is 19.3. The van der Waals surface area contributed by atoms with Crippen LogP contribution in [0.15, 0.2) is 68.0 Å². The number of benzene rings is 2. The molecule has 0 amide bonds. The molecule has 9 heteroatoms. The van der Waals surface area contributed by atoms with Gasteiger partial charge in [-0.1, -0.05) is 45.5 Å². The maximum atomic E-state index is 13.6. The van der Waals surface area contributed by atoms with Crippen LogP contribution < -0.4 is 24.4 Å². The number of allylic oxidation sites excluding steroid dienone is 1. The van der Waals surface area contributed by atoms with E-state index in [1.54, 1.807) is 30.5 Å². The quantitative estimate of drug-likeness (QED) is 0.487. The number of hydrogen-bond acceptors (Lipinski definition) is 7. The number of fused-ring (bicyclic) bond motifs is 2. The van der Waals surface area contributed by atoms with Crippen molar-refractivity contribution in [3.05, 3.63) is 89.0 Å². The van der Waals surface area contributed by atoms with Gasteiger partial charge in [0.2, 0.25) is 6.79 Å². The molecule has 0 aliphatic carbocycles. The van der Waals surface area contributed by atoms with E-state index in [1.807, 2.05) is 36.4 Å². The van der Waals surface area contributed by atoms with Gasteiger partial charge in [-0.3, -0.25) is 9.36 Å². The zero-order chi connectivity index (χ0) is 23.1. The van der Waals surface area contributed by atoms with Crippen molar-refractivity contribution in [2.45, 2.75) is 19.9 Å². The molecule has 0 saturated heterocycles. The van der Waals surface area contributed by atoms with Crippen molar-refractivity contribution >= 4 is 39.3 Å². The first-order valence-corrected chi connectivity index (χ1v) is 11.9. The number of halogens is 1. The van der Waals surface area contributed by atoms with Crippen LogP contribution >= 0.6 is 27.3 Å². The predicted octanol–water partition coefficient (Wildman–Crippen LogP) is 3.29. The summed E-state index contributed by atoms with van der Waals surface area (Å²) in [6.07, 6.45) is 1.83. The second kappa shape index (κ2) is 8.64. The van der Waals surface area contributed by atoms with E-state index in [-0.39, 0.29) is 19.0 Å². The average Bonchev–Trinajstić information content (AvgIpc) is 3.38. The monoisotopic (exact) mass is 526 g/mol. The number of rotatable bonds is 4. The highest BCUT2D eigenvalue weighted by Gasteiger charge is 2.34. The minimum Gasteiger partial charge on any atom is -0.463 e. The lowest BCUT2D eigenvalue weighted by Crippen LogP contribution is -2.39. The Bertz CT molecular complexity index is 1470. The van der Waals surface area contributed by atoms with E-state index >= 15 is 0 Å². The van der Waals surface area contributed by atoms with Crippen LogP contribution in [-0.2, 0) is 9.53 Å². The van der Waals surface area contributed by atoms with Crippen LogP contribution in [0.2, 0.25) is 0 Å². The lowest BCUT2D eigenvalue weighted by Gasteiger charge is -2.24. The number of thiazole rings is 1. The Labute approximate surface area is 201 Å². The van der Waals surface area contributed by atoms with Crippen LogP contribution in [0.3, 0.4) is 0 Å². The largest absolute Gasteiger partial charge is 0.463 e. The molecule has 2 aromatic carbocycles. The lowest BCUT2D eigenvalue weighted by molar-refractivity contribution is -0.139. The summed E-state index contributed by atoms with van der Waals surface area (Å²) in [6.45, 7) is 3.86. The Balaban J connectivity index is 1.72. The molecular weight excluding hydrogens is 508 g/mol. The van der Waals surface area contributed by atoms with Crippen LogP contribution in [0, 0.1) is 0 Å². The Morgan fingerprint density at radius 1 is 1.24 bits per heavy atom. The van der Waals surface area contributed by atoms with Gasteiger partial charge in [0.15, 0.2) is 16.3 Å². The number of ether oxygens (including phenoxy) is 3. The van der Waals surface area contributed by atoms with E-state index < -0.39 is 12.0 Å². The molecule has 5 rings (SSSR count). The molecule has 2 aliphatic heterocycles. The van der Waals surface area contributed by atoms with E-state index in [0.29, 0.717) is 37.7 Å². The summed E-state index contributed by atoms with van der Waals surface area (Å²) in [7, 11) is 0. The van der Waals surface area contributed by atoms with Crippen molar-refractivity contribution in [2.24, 2.45) is 4.99 Å². The number of hydrogen-bond donors (Lipinski definition) is 0. The zero-order valence-corrected chi connectivity index (χ0v) is 20.2. The van der Waals surface area contributed by atoms with E-state index in [4.69, 9.17) is 14.2 Å². The van der Waals surface area contributed by atoms with Crippen molar-refractivity contribution in [3.8, 4) is 11.5 Å². The molecule has 1 aromatic heterocycles. The minimum atomic E-state index is -0.693. The smallest absolute Gasteiger partial charge is 0.338 e. The minimum absolute atomic E-state index is 0.133. The van der Waals surface area contributed by atoms with Gasteiger partial charge >= 0.3 is 5.97 Å². The second-order valence-corrected chi connectivity index (χ2v) is 9.39. The molecular formula is C24H19BrN2O5S. The SMILES string of the molecule is CCOC(=O)C1=C(C)N=c2s/c(=C/c3ccc(Br)cc3)c(=O)n2[C@H]1c1ccc2c(c1)OCO2. The van der Waals surface area contributed by atoms with Crippen molar-refractivity contribution in [2.75, 3.05) is 13.4 Å². The number of carbonyl (C=O) groups excluding carboxylic acids is 1. The fourth-order valence-electron chi connectivity index (χ4n) is 3.90. The summed E-state index contributed by atoms with van der Waals surface area (Å²) in [5.74, 6) is 0.700. The Kier molecular flexibility index (Phi) is 5.67. The van der Waals surface area contributed by atoms with E-state index in [0.717, 1.165) is 10.0 Å². The predicted molar refractivity (Wildman–Crippen MR) is 127 cm³/mol. The molecule has 0 N–H and O–H groups in total. The van der Waals surface area contributed by atoms with Gasteiger partial charge in [0.1, 0.15) is 0 Å². The molecule has 0 unspecified atom stereocenters. The maximum absolute atomic E-state index is 13.6. The highest BCUT2D eigenvalue weighted by molar-refractivity contribution is 9.10. The molecule has 0 bridgehead atoms. The first-order chi connectivity index (χ1) is 16.0. The Morgan fingerprint density at radius 3 is 2.76 bits per heavy atom. The molecule has 7 nitrogen and oxygen atoms in total. The van der Waals surface area contributed by atoms with Crippen molar-refractivity contribution in [1.29, 1.82) is 0 Å². The average molecular weight is 527 g/mol. The van der Waals surface area contributed by atoms with Gasteiger partial charge in [0.25, 0.3) is 5.56 Å². The van der Waals surface area contributed by atoms with Crippen LogP contribution in [0.1, 0.15) is 31.0 Å². The molecule has 0 spiro atoms. The number of nitrogens with zero attached hydrogens (tertiary/aromatic N) is 2. The number of esters is 1. The molecule has 0 saturated carbocycles. The highest BCUT2D eigenvalue weighted by Crippen LogP contribution is 2.38. The van der Waals surface area contributed by atoms with Gasteiger partial charge < -0.3 is 14.2 Å². The first kappa shape index (κ1) is 21.7. The summed E-state index contributed by atoms with van der Waals surface area (Å²) in [5.41, 5.74) is 2.24. The summed E-state index contributed by atoms with van der Waals surface area (Å²) in [6, 6.07) is 12.4. The summed E-state index contributed by atoms with van der Waals surface area (Å²) in [5, 5.41) is 0. The Hall–Kier alpha value is -3.17. The van der Waals surface area contributed by atoms with Crippen molar-refractivity contribution in [1.82, 2.24) is 4.57 Å². The molecule has 0 radical (unpaired) electrons. The molecule has 3 heterocycles. The molecule has 1 atom stereocenters. The fraction of sp³-hybridized carbons (Fsp3) is 0.208. The number of aromatic nitrogens is 1. The third kappa shape index (κ3) is 3.91. The molecule has 0 fully saturated rings. The summed E-state index contributed by atoms with van der Waals surface area (Å²) >= 11 is 4.72. The lowest BCUT2D eigenvalue weighted by atomic mass is 9.95. The molecule has 168 valence electrons. The van der Waals surface area contributed by atoms with E-state index in [2.05, 4.69) is 20.9 Å². The van der Waals surface area contributed by atoms with Gasteiger partial charge in [0.05, 0.1) is 28.5 Å². The van der Waals surface area contributed by atoms with Gasteiger partial charge in [-0.25, -0.2) is 9.79 Å². The van der Waals surface area contributed by atoms with Crippen LogP contribution in [0.25, 0.3) is 6.08 Å².